The van der Waals surface area contributed by atoms with Gasteiger partial charge < -0.3 is 18.9 Å². The fourth-order valence-corrected chi connectivity index (χ4v) is 4.63. The summed E-state index contributed by atoms with van der Waals surface area (Å²) in [7, 11) is 0. The zero-order valence-corrected chi connectivity index (χ0v) is 25.4. The predicted molar refractivity (Wildman–Crippen MR) is 169 cm³/mol. The molecule has 0 radical (unpaired) electrons. The van der Waals surface area contributed by atoms with Crippen LogP contribution in [0.4, 0.5) is 0 Å². The molecule has 5 rings (SSSR count). The summed E-state index contributed by atoms with van der Waals surface area (Å²) in [5.74, 6) is -1.28. The molecule has 0 saturated carbocycles. The minimum atomic E-state index is -0.668. The van der Waals surface area contributed by atoms with Gasteiger partial charge in [0.2, 0.25) is 11.5 Å². The zero-order chi connectivity index (χ0) is 30.5. The monoisotopic (exact) mass is 634 g/mol. The Morgan fingerprint density at radius 1 is 0.651 bits per heavy atom. The molecule has 9 heteroatoms. The Bertz CT molecular complexity index is 1810. The van der Waals surface area contributed by atoms with Gasteiger partial charge in [-0.15, -0.1) is 0 Å². The van der Waals surface area contributed by atoms with Crippen molar-refractivity contribution in [3.63, 3.8) is 0 Å². The lowest BCUT2D eigenvalue weighted by Crippen LogP contribution is -2.18. The Labute approximate surface area is 263 Å². The minimum Gasteiger partial charge on any atom is -0.448 e. The van der Waals surface area contributed by atoms with Crippen molar-refractivity contribution in [2.45, 2.75) is 20.3 Å². The second-order valence-electron chi connectivity index (χ2n) is 9.56. The van der Waals surface area contributed by atoms with Gasteiger partial charge in [-0.25, -0.2) is 4.79 Å². The van der Waals surface area contributed by atoms with Crippen LogP contribution in [0, 0.1) is 5.92 Å². The highest BCUT2D eigenvalue weighted by atomic mass is 35.5. The number of carbonyl (C=O) groups is 2. The van der Waals surface area contributed by atoms with Crippen molar-refractivity contribution in [1.82, 2.24) is 0 Å². The Balaban J connectivity index is 1.84. The summed E-state index contributed by atoms with van der Waals surface area (Å²) in [6.07, 6.45) is 0.541. The van der Waals surface area contributed by atoms with E-state index in [1.54, 1.807) is 104 Å². The number of benzene rings is 5. The summed E-state index contributed by atoms with van der Waals surface area (Å²) in [6, 6.07) is 26.8. The van der Waals surface area contributed by atoms with Crippen molar-refractivity contribution in [2.75, 3.05) is 0 Å². The number of fused-ring (bicyclic) bond motifs is 1. The molecule has 0 aliphatic rings. The third-order valence-electron chi connectivity index (χ3n) is 6.61. The van der Waals surface area contributed by atoms with Crippen LogP contribution in [0.1, 0.15) is 30.6 Å². The summed E-state index contributed by atoms with van der Waals surface area (Å²) in [5, 5.41) is 1.61. The van der Waals surface area contributed by atoms with Crippen molar-refractivity contribution in [1.29, 1.82) is 0 Å². The first kappa shape index (κ1) is 30.2. The van der Waals surface area contributed by atoms with Crippen molar-refractivity contribution in [3.05, 3.63) is 118 Å². The van der Waals surface area contributed by atoms with Crippen LogP contribution in [0.3, 0.4) is 0 Å². The number of rotatable bonds is 9. The van der Waals surface area contributed by atoms with E-state index in [-0.39, 0.29) is 44.5 Å². The van der Waals surface area contributed by atoms with E-state index in [2.05, 4.69) is 0 Å². The zero-order valence-electron chi connectivity index (χ0n) is 23.1. The molecular formula is C34H25Cl3O6. The Morgan fingerprint density at radius 3 is 1.74 bits per heavy atom. The molecule has 1 atom stereocenters. The SMILES string of the molecule is CCC(C)C(=O)Oc1c(Oc2ccccc2Cl)c(Oc2ccccc2Cl)c(OC(=O)c2ccccc2)c2cc(Cl)ccc12. The van der Waals surface area contributed by atoms with Gasteiger partial charge in [0, 0.05) is 15.8 Å². The molecule has 0 aromatic heterocycles. The molecular weight excluding hydrogens is 611 g/mol. The normalized spacial score (nSPS) is 11.6. The minimum absolute atomic E-state index is 0.0263. The van der Waals surface area contributed by atoms with Crippen LogP contribution in [-0.4, -0.2) is 11.9 Å². The lowest BCUT2D eigenvalue weighted by molar-refractivity contribution is -0.138. The highest BCUT2D eigenvalue weighted by molar-refractivity contribution is 6.32. The van der Waals surface area contributed by atoms with E-state index in [9.17, 15) is 9.59 Å². The molecule has 0 aliphatic carbocycles. The molecule has 43 heavy (non-hydrogen) atoms. The molecule has 1 unspecified atom stereocenters. The molecule has 5 aromatic rings. The van der Waals surface area contributed by atoms with Crippen LogP contribution in [-0.2, 0) is 4.79 Å². The van der Waals surface area contributed by atoms with Gasteiger partial charge >= 0.3 is 11.9 Å². The number of para-hydroxylation sites is 2. The summed E-state index contributed by atoms with van der Waals surface area (Å²) < 4.78 is 24.8. The van der Waals surface area contributed by atoms with Crippen molar-refractivity contribution in [2.24, 2.45) is 5.92 Å². The van der Waals surface area contributed by atoms with E-state index in [1.165, 1.54) is 0 Å². The molecule has 0 bridgehead atoms. The average molecular weight is 636 g/mol. The first-order chi connectivity index (χ1) is 20.8. The first-order valence-electron chi connectivity index (χ1n) is 13.4. The molecule has 6 nitrogen and oxygen atoms in total. The number of halogens is 3. The Hall–Kier alpha value is -4.23. The highest BCUT2D eigenvalue weighted by Gasteiger charge is 2.31. The van der Waals surface area contributed by atoms with Gasteiger partial charge in [-0.05, 0) is 61.0 Å². The second-order valence-corrected chi connectivity index (χ2v) is 10.8. The van der Waals surface area contributed by atoms with Gasteiger partial charge in [-0.3, -0.25) is 4.79 Å². The second kappa shape index (κ2) is 13.4. The molecule has 0 fully saturated rings. The van der Waals surface area contributed by atoms with Crippen molar-refractivity contribution < 1.29 is 28.5 Å². The van der Waals surface area contributed by atoms with Crippen molar-refractivity contribution >= 4 is 57.5 Å². The number of hydrogen-bond donors (Lipinski definition) is 0. The summed E-state index contributed by atoms with van der Waals surface area (Å²) in [6.45, 7) is 3.64. The molecule has 0 aliphatic heterocycles. The lowest BCUT2D eigenvalue weighted by atomic mass is 10.1. The largest absolute Gasteiger partial charge is 0.448 e. The number of ether oxygens (including phenoxy) is 4. The standard InChI is InChI=1S/C34H25Cl3O6/c1-3-20(2)33(38)42-29-23-18-17-22(35)19-24(23)30(43-34(39)21-11-5-4-6-12-21)32(41-28-16-10-8-14-26(28)37)31(29)40-27-15-9-7-13-25(27)36/h4-20H,3H2,1-2H3. The molecule has 0 saturated heterocycles. The van der Waals surface area contributed by atoms with Crippen LogP contribution >= 0.6 is 34.8 Å². The smallest absolute Gasteiger partial charge is 0.343 e. The predicted octanol–water partition coefficient (Wildman–Crippen LogP) is 10.6. The summed E-state index contributed by atoms with van der Waals surface area (Å²) in [5.41, 5.74) is 0.294. The van der Waals surface area contributed by atoms with E-state index in [0.29, 0.717) is 27.8 Å². The molecule has 5 aromatic carbocycles. The summed E-state index contributed by atoms with van der Waals surface area (Å²) >= 11 is 19.4. The maximum Gasteiger partial charge on any atom is 0.343 e. The summed E-state index contributed by atoms with van der Waals surface area (Å²) in [4.78, 5) is 26.7. The van der Waals surface area contributed by atoms with Crippen LogP contribution in [0.5, 0.6) is 34.5 Å². The third-order valence-corrected chi connectivity index (χ3v) is 7.47. The van der Waals surface area contributed by atoms with Gasteiger partial charge in [0.1, 0.15) is 11.5 Å². The first-order valence-corrected chi connectivity index (χ1v) is 14.5. The fraction of sp³-hybridized carbons (Fsp3) is 0.118. The maximum atomic E-state index is 13.4. The van der Waals surface area contributed by atoms with Crippen molar-refractivity contribution in [3.8, 4) is 34.5 Å². The molecule has 0 heterocycles. The van der Waals surface area contributed by atoms with Crippen LogP contribution in [0.2, 0.25) is 15.1 Å². The third kappa shape index (κ3) is 6.73. The van der Waals surface area contributed by atoms with E-state index in [0.717, 1.165) is 0 Å². The average Bonchev–Trinajstić information content (AvgIpc) is 3.02. The topological polar surface area (TPSA) is 71.1 Å². The van der Waals surface area contributed by atoms with Gasteiger partial charge in [0.05, 0.1) is 21.5 Å². The quantitative estimate of drug-likeness (QED) is 0.119. The highest BCUT2D eigenvalue weighted by Crippen LogP contribution is 2.55. The van der Waals surface area contributed by atoms with Gasteiger partial charge in [0.25, 0.3) is 0 Å². The number of esters is 2. The Morgan fingerprint density at radius 2 is 1.19 bits per heavy atom. The molecule has 0 amide bonds. The van der Waals surface area contributed by atoms with E-state index >= 15 is 0 Å². The number of carbonyl (C=O) groups excluding carboxylic acids is 2. The van der Waals surface area contributed by atoms with Crippen LogP contribution in [0.15, 0.2) is 97.1 Å². The van der Waals surface area contributed by atoms with Gasteiger partial charge in [-0.2, -0.15) is 0 Å². The van der Waals surface area contributed by atoms with Gasteiger partial charge in [-0.1, -0.05) is 91.1 Å². The molecule has 0 spiro atoms. The Kier molecular flexibility index (Phi) is 9.41. The molecule has 0 N–H and O–H groups in total. The van der Waals surface area contributed by atoms with Crippen LogP contribution < -0.4 is 18.9 Å². The maximum absolute atomic E-state index is 13.4. The number of hydrogen-bond acceptors (Lipinski definition) is 6. The van der Waals surface area contributed by atoms with E-state index in [4.69, 9.17) is 53.8 Å². The van der Waals surface area contributed by atoms with Gasteiger partial charge in [0.15, 0.2) is 11.5 Å². The lowest BCUT2D eigenvalue weighted by Gasteiger charge is -2.22. The van der Waals surface area contributed by atoms with E-state index < -0.39 is 17.9 Å². The molecule has 218 valence electrons. The fourth-order valence-electron chi connectivity index (χ4n) is 4.11. The van der Waals surface area contributed by atoms with Crippen LogP contribution in [0.25, 0.3) is 10.8 Å². The van der Waals surface area contributed by atoms with E-state index in [1.807, 2.05) is 6.92 Å².